The number of aromatic nitrogens is 1. The summed E-state index contributed by atoms with van der Waals surface area (Å²) in [4.78, 5) is 30.3. The van der Waals surface area contributed by atoms with Gasteiger partial charge in [0, 0.05) is 35.6 Å². The lowest BCUT2D eigenvalue weighted by atomic mass is 10.2. The van der Waals surface area contributed by atoms with Gasteiger partial charge in [0.25, 0.3) is 11.8 Å². The van der Waals surface area contributed by atoms with Gasteiger partial charge in [-0.3, -0.25) is 14.6 Å². The topological polar surface area (TPSA) is 74.3 Å². The van der Waals surface area contributed by atoms with Crippen LogP contribution in [0.3, 0.4) is 0 Å². The number of carbonyl (C=O) groups excluding carboxylic acids is 2. The quantitative estimate of drug-likeness (QED) is 0.841. The van der Waals surface area contributed by atoms with E-state index in [1.165, 1.54) is 12.3 Å². The van der Waals surface area contributed by atoms with Crippen molar-refractivity contribution in [3.05, 3.63) is 58.9 Å². The third kappa shape index (κ3) is 5.33. The van der Waals surface area contributed by atoms with Crippen LogP contribution in [0.1, 0.15) is 20.8 Å². The fourth-order valence-electron chi connectivity index (χ4n) is 1.92. The van der Waals surface area contributed by atoms with Crippen LogP contribution in [-0.2, 0) is 0 Å². The molecule has 0 bridgehead atoms. The number of pyridine rings is 1. The average Bonchev–Trinajstić information content (AvgIpc) is 2.56. The van der Waals surface area contributed by atoms with Gasteiger partial charge in [0.15, 0.2) is 0 Å². The molecule has 6 nitrogen and oxygen atoms in total. The van der Waals surface area contributed by atoms with Gasteiger partial charge in [-0.25, -0.2) is 0 Å². The minimum absolute atomic E-state index is 0.171. The molecule has 0 unspecified atom stereocenters. The van der Waals surface area contributed by atoms with Gasteiger partial charge in [-0.05, 0) is 50.5 Å². The molecule has 0 spiro atoms. The van der Waals surface area contributed by atoms with Gasteiger partial charge in [-0.2, -0.15) is 0 Å². The Morgan fingerprint density at radius 1 is 1.12 bits per heavy atom. The van der Waals surface area contributed by atoms with E-state index >= 15 is 0 Å². The minimum atomic E-state index is -0.389. The molecule has 24 heavy (non-hydrogen) atoms. The zero-order valence-electron chi connectivity index (χ0n) is 13.5. The van der Waals surface area contributed by atoms with Crippen LogP contribution < -0.4 is 10.6 Å². The van der Waals surface area contributed by atoms with Crippen LogP contribution in [-0.4, -0.2) is 48.9 Å². The van der Waals surface area contributed by atoms with E-state index in [0.29, 0.717) is 22.8 Å². The second kappa shape index (κ2) is 8.42. The number of benzene rings is 1. The molecule has 1 heterocycles. The fourth-order valence-corrected chi connectivity index (χ4v) is 2.05. The lowest BCUT2D eigenvalue weighted by Gasteiger charge is -2.11. The summed E-state index contributed by atoms with van der Waals surface area (Å²) < 4.78 is 0. The van der Waals surface area contributed by atoms with Crippen molar-refractivity contribution in [2.75, 3.05) is 32.5 Å². The van der Waals surface area contributed by atoms with Gasteiger partial charge >= 0.3 is 0 Å². The molecule has 0 saturated carbocycles. The molecule has 7 heteroatoms. The molecule has 126 valence electrons. The Kier molecular flexibility index (Phi) is 6.28. The molecule has 0 fully saturated rings. The van der Waals surface area contributed by atoms with Crippen LogP contribution in [0.2, 0.25) is 5.02 Å². The number of nitrogens with one attached hydrogen (secondary N) is 2. The number of likely N-dealkylation sites (N-methyl/N-ethyl adjacent to an activating group) is 1. The van der Waals surface area contributed by atoms with E-state index < -0.39 is 0 Å². The monoisotopic (exact) mass is 346 g/mol. The largest absolute Gasteiger partial charge is 0.351 e. The molecule has 0 radical (unpaired) electrons. The van der Waals surface area contributed by atoms with E-state index in [1.54, 1.807) is 30.3 Å². The van der Waals surface area contributed by atoms with E-state index in [9.17, 15) is 9.59 Å². The highest BCUT2D eigenvalue weighted by atomic mass is 35.5. The molecule has 2 N–H and O–H groups in total. The van der Waals surface area contributed by atoms with Crippen LogP contribution in [0.5, 0.6) is 0 Å². The summed E-state index contributed by atoms with van der Waals surface area (Å²) in [5.74, 6) is -0.625. The second-order valence-electron chi connectivity index (χ2n) is 5.45. The van der Waals surface area contributed by atoms with Crippen LogP contribution in [0.4, 0.5) is 5.69 Å². The van der Waals surface area contributed by atoms with Crippen LogP contribution in [0, 0.1) is 0 Å². The summed E-state index contributed by atoms with van der Waals surface area (Å²) in [6.07, 6.45) is 1.44. The molecule has 2 amide bonds. The van der Waals surface area contributed by atoms with Crippen molar-refractivity contribution in [2.45, 2.75) is 0 Å². The highest BCUT2D eigenvalue weighted by Gasteiger charge is 2.12. The molecule has 0 aliphatic carbocycles. The zero-order chi connectivity index (χ0) is 17.5. The summed E-state index contributed by atoms with van der Waals surface area (Å²) in [6, 6.07) is 9.79. The van der Waals surface area contributed by atoms with Gasteiger partial charge in [0.2, 0.25) is 0 Å². The Hall–Kier alpha value is -2.44. The second-order valence-corrected chi connectivity index (χ2v) is 5.89. The number of nitrogens with zero attached hydrogens (tertiary/aromatic N) is 2. The molecule has 2 aromatic rings. The van der Waals surface area contributed by atoms with Crippen LogP contribution in [0.15, 0.2) is 42.6 Å². The maximum atomic E-state index is 12.2. The number of hydrogen-bond donors (Lipinski definition) is 2. The number of rotatable bonds is 6. The molecule has 0 aliphatic rings. The van der Waals surface area contributed by atoms with Crippen molar-refractivity contribution in [2.24, 2.45) is 0 Å². The maximum absolute atomic E-state index is 12.2. The van der Waals surface area contributed by atoms with Crippen molar-refractivity contribution in [3.8, 4) is 0 Å². The van der Waals surface area contributed by atoms with Crippen molar-refractivity contribution < 1.29 is 9.59 Å². The van der Waals surface area contributed by atoms with E-state index in [4.69, 9.17) is 11.6 Å². The van der Waals surface area contributed by atoms with Crippen LogP contribution in [0.25, 0.3) is 0 Å². The summed E-state index contributed by atoms with van der Waals surface area (Å²) in [5, 5.41) is 6.09. The lowest BCUT2D eigenvalue weighted by Crippen LogP contribution is -2.31. The fraction of sp³-hybridized carbons (Fsp3) is 0.235. The van der Waals surface area contributed by atoms with E-state index in [0.717, 1.165) is 6.54 Å². The van der Waals surface area contributed by atoms with Gasteiger partial charge in [-0.15, -0.1) is 0 Å². The van der Waals surface area contributed by atoms with E-state index in [-0.39, 0.29) is 17.5 Å². The normalized spacial score (nSPS) is 10.5. The molecule has 0 saturated heterocycles. The average molecular weight is 347 g/mol. The SMILES string of the molecule is CN(C)CCNC(=O)c1ccnc(C(=O)Nc2ccc(Cl)cc2)c1. The first-order valence-corrected chi connectivity index (χ1v) is 7.79. The van der Waals surface area contributed by atoms with Crippen LogP contribution >= 0.6 is 11.6 Å². The van der Waals surface area contributed by atoms with Crippen molar-refractivity contribution in [3.63, 3.8) is 0 Å². The Labute approximate surface area is 145 Å². The Balaban J connectivity index is 2.02. The molecule has 0 aliphatic heterocycles. The summed E-state index contributed by atoms with van der Waals surface area (Å²) in [7, 11) is 3.86. The summed E-state index contributed by atoms with van der Waals surface area (Å²) in [6.45, 7) is 1.27. The highest BCUT2D eigenvalue weighted by Crippen LogP contribution is 2.14. The summed E-state index contributed by atoms with van der Waals surface area (Å²) >= 11 is 5.81. The number of hydrogen-bond acceptors (Lipinski definition) is 4. The number of amides is 2. The Bertz CT molecular complexity index is 717. The minimum Gasteiger partial charge on any atom is -0.351 e. The first kappa shape index (κ1) is 17.9. The maximum Gasteiger partial charge on any atom is 0.274 e. The van der Waals surface area contributed by atoms with E-state index in [2.05, 4.69) is 15.6 Å². The zero-order valence-corrected chi connectivity index (χ0v) is 14.3. The van der Waals surface area contributed by atoms with E-state index in [1.807, 2.05) is 19.0 Å². The lowest BCUT2D eigenvalue weighted by molar-refractivity contribution is 0.0951. The number of halogens is 1. The molecule has 1 aromatic carbocycles. The number of carbonyl (C=O) groups is 2. The predicted octanol–water partition coefficient (Wildman–Crippen LogP) is 2.28. The predicted molar refractivity (Wildman–Crippen MR) is 94.5 cm³/mol. The summed E-state index contributed by atoms with van der Waals surface area (Å²) in [5.41, 5.74) is 1.17. The van der Waals surface area contributed by atoms with Crippen molar-refractivity contribution in [1.82, 2.24) is 15.2 Å². The van der Waals surface area contributed by atoms with Gasteiger partial charge in [-0.1, -0.05) is 11.6 Å². The molecule has 0 atom stereocenters. The van der Waals surface area contributed by atoms with Crippen molar-refractivity contribution in [1.29, 1.82) is 0 Å². The Morgan fingerprint density at radius 3 is 2.50 bits per heavy atom. The molecular formula is C17H19ClN4O2. The molecular weight excluding hydrogens is 328 g/mol. The van der Waals surface area contributed by atoms with Gasteiger partial charge in [0.1, 0.15) is 5.69 Å². The smallest absolute Gasteiger partial charge is 0.274 e. The standard InChI is InChI=1S/C17H19ClN4O2/c1-22(2)10-9-20-16(23)12-7-8-19-15(11-12)17(24)21-14-5-3-13(18)4-6-14/h3-8,11H,9-10H2,1-2H3,(H,20,23)(H,21,24). The highest BCUT2D eigenvalue weighted by molar-refractivity contribution is 6.30. The van der Waals surface area contributed by atoms with Gasteiger partial charge < -0.3 is 15.5 Å². The van der Waals surface area contributed by atoms with Crippen molar-refractivity contribution >= 4 is 29.1 Å². The third-order valence-electron chi connectivity index (χ3n) is 3.20. The first-order chi connectivity index (χ1) is 11.5. The number of anilines is 1. The molecule has 2 rings (SSSR count). The first-order valence-electron chi connectivity index (χ1n) is 7.41. The Morgan fingerprint density at radius 2 is 1.83 bits per heavy atom. The third-order valence-corrected chi connectivity index (χ3v) is 3.45. The molecule has 1 aromatic heterocycles. The van der Waals surface area contributed by atoms with Gasteiger partial charge in [0.05, 0.1) is 0 Å².